The molecule has 0 amide bonds. The molecule has 1 unspecified atom stereocenters. The van der Waals surface area contributed by atoms with E-state index in [1.165, 1.54) is 24.0 Å². The first kappa shape index (κ1) is 12.0. The molecule has 1 aromatic rings. The molecule has 0 bridgehead atoms. The second-order valence-corrected chi connectivity index (χ2v) is 6.55. The molecule has 0 saturated carbocycles. The Labute approximate surface area is 110 Å². The summed E-state index contributed by atoms with van der Waals surface area (Å²) >= 11 is 0. The Bertz CT molecular complexity index is 458. The van der Waals surface area contributed by atoms with Gasteiger partial charge in [-0.05, 0) is 70.2 Å². The van der Waals surface area contributed by atoms with E-state index in [1.54, 1.807) is 0 Å². The van der Waals surface area contributed by atoms with Crippen molar-refractivity contribution in [1.29, 1.82) is 0 Å². The molecule has 0 spiro atoms. The van der Waals surface area contributed by atoms with Gasteiger partial charge in [-0.1, -0.05) is 12.1 Å². The zero-order valence-electron chi connectivity index (χ0n) is 11.7. The van der Waals surface area contributed by atoms with Crippen LogP contribution in [0.25, 0.3) is 0 Å². The molecule has 3 rings (SSSR count). The highest BCUT2D eigenvalue weighted by molar-refractivity contribution is 5.42. The van der Waals surface area contributed by atoms with Crippen LogP contribution < -0.4 is 10.1 Å². The van der Waals surface area contributed by atoms with Gasteiger partial charge >= 0.3 is 0 Å². The van der Waals surface area contributed by atoms with Crippen molar-refractivity contribution < 1.29 is 4.74 Å². The number of hydrogen-bond donors (Lipinski definition) is 1. The highest BCUT2D eigenvalue weighted by Gasteiger charge is 2.32. The van der Waals surface area contributed by atoms with Crippen LogP contribution in [0.1, 0.15) is 51.2 Å². The first-order valence-corrected chi connectivity index (χ1v) is 7.06. The molecule has 1 atom stereocenters. The Morgan fingerprint density at radius 1 is 1.17 bits per heavy atom. The lowest BCUT2D eigenvalue weighted by Crippen LogP contribution is -2.35. The van der Waals surface area contributed by atoms with Gasteiger partial charge in [0.1, 0.15) is 11.4 Å². The molecule has 98 valence electrons. The molecule has 2 heterocycles. The van der Waals surface area contributed by atoms with Gasteiger partial charge in [-0.2, -0.15) is 0 Å². The Morgan fingerprint density at radius 2 is 2.00 bits per heavy atom. The largest absolute Gasteiger partial charge is 0.488 e. The minimum atomic E-state index is -0.00989. The Hall–Kier alpha value is -1.02. The molecule has 2 heteroatoms. The van der Waals surface area contributed by atoms with Crippen LogP contribution in [0.2, 0.25) is 0 Å². The van der Waals surface area contributed by atoms with E-state index in [9.17, 15) is 0 Å². The highest BCUT2D eigenvalue weighted by Crippen LogP contribution is 2.37. The molecule has 2 aliphatic rings. The van der Waals surface area contributed by atoms with Gasteiger partial charge in [-0.3, -0.25) is 0 Å². The number of hydrogen-bond acceptors (Lipinski definition) is 2. The number of fused-ring (bicyclic) bond motifs is 1. The second kappa shape index (κ2) is 3.99. The third-order valence-electron chi connectivity index (χ3n) is 4.45. The minimum Gasteiger partial charge on any atom is -0.488 e. The van der Waals surface area contributed by atoms with Gasteiger partial charge in [0.25, 0.3) is 0 Å². The third kappa shape index (κ3) is 2.03. The maximum absolute atomic E-state index is 6.05. The molecular formula is C16H23NO. The summed E-state index contributed by atoms with van der Waals surface area (Å²) in [4.78, 5) is 0. The van der Waals surface area contributed by atoms with Crippen LogP contribution in [0.3, 0.4) is 0 Å². The van der Waals surface area contributed by atoms with Crippen LogP contribution in [0.15, 0.2) is 18.2 Å². The lowest BCUT2D eigenvalue weighted by molar-refractivity contribution is 0.0846. The maximum Gasteiger partial charge on any atom is 0.123 e. The van der Waals surface area contributed by atoms with E-state index >= 15 is 0 Å². The second-order valence-electron chi connectivity index (χ2n) is 6.55. The maximum atomic E-state index is 6.05. The molecule has 2 aliphatic heterocycles. The van der Waals surface area contributed by atoms with Crippen LogP contribution in [0.5, 0.6) is 5.75 Å². The standard InChI is InChI=1S/C16H23NO/c1-15(2)9-7-12-11-13(5-6-14(12)18-15)16(3)8-4-10-17-16/h5-6,11,17H,4,7-10H2,1-3H3. The molecule has 2 nitrogen and oxygen atoms in total. The fourth-order valence-corrected chi connectivity index (χ4v) is 3.14. The summed E-state index contributed by atoms with van der Waals surface area (Å²) in [5.41, 5.74) is 2.95. The first-order valence-electron chi connectivity index (χ1n) is 7.06. The van der Waals surface area contributed by atoms with Gasteiger partial charge in [-0.15, -0.1) is 0 Å². The highest BCUT2D eigenvalue weighted by atomic mass is 16.5. The average molecular weight is 245 g/mol. The van der Waals surface area contributed by atoms with E-state index in [0.717, 1.165) is 25.1 Å². The molecule has 1 aromatic carbocycles. The fraction of sp³-hybridized carbons (Fsp3) is 0.625. The van der Waals surface area contributed by atoms with E-state index < -0.39 is 0 Å². The Kier molecular flexibility index (Phi) is 2.67. The van der Waals surface area contributed by atoms with Crippen LogP contribution in [0, 0.1) is 0 Å². The van der Waals surface area contributed by atoms with Gasteiger partial charge in [0, 0.05) is 5.54 Å². The summed E-state index contributed by atoms with van der Waals surface area (Å²) < 4.78 is 6.05. The molecule has 1 fully saturated rings. The zero-order chi connectivity index (χ0) is 12.8. The summed E-state index contributed by atoms with van der Waals surface area (Å²) in [5, 5.41) is 3.63. The SMILES string of the molecule is CC1(C)CCc2cc(C3(C)CCCN3)ccc2O1. The lowest BCUT2D eigenvalue weighted by Gasteiger charge is -2.34. The van der Waals surface area contributed by atoms with Crippen LogP contribution in [-0.4, -0.2) is 12.1 Å². The third-order valence-corrected chi connectivity index (χ3v) is 4.45. The van der Waals surface area contributed by atoms with E-state index in [2.05, 4.69) is 44.3 Å². The van der Waals surface area contributed by atoms with Crippen LogP contribution >= 0.6 is 0 Å². The molecule has 0 aliphatic carbocycles. The van der Waals surface area contributed by atoms with Crippen LogP contribution in [0.4, 0.5) is 0 Å². The number of nitrogens with one attached hydrogen (secondary N) is 1. The Balaban J connectivity index is 1.93. The number of rotatable bonds is 1. The average Bonchev–Trinajstić information content (AvgIpc) is 2.76. The number of aryl methyl sites for hydroxylation is 1. The van der Waals surface area contributed by atoms with Gasteiger partial charge < -0.3 is 10.1 Å². The van der Waals surface area contributed by atoms with Crippen LogP contribution in [-0.2, 0) is 12.0 Å². The normalized spacial score (nSPS) is 29.7. The molecule has 1 saturated heterocycles. The lowest BCUT2D eigenvalue weighted by atomic mass is 9.86. The van der Waals surface area contributed by atoms with E-state index in [1.807, 2.05) is 0 Å². The summed E-state index contributed by atoms with van der Waals surface area (Å²) in [6, 6.07) is 6.75. The summed E-state index contributed by atoms with van der Waals surface area (Å²) in [5.74, 6) is 1.08. The first-order chi connectivity index (χ1) is 8.49. The monoisotopic (exact) mass is 245 g/mol. The van der Waals surface area contributed by atoms with E-state index in [-0.39, 0.29) is 11.1 Å². The smallest absolute Gasteiger partial charge is 0.123 e. The molecule has 0 aromatic heterocycles. The predicted octanol–water partition coefficient (Wildman–Crippen LogP) is 3.39. The molecular weight excluding hydrogens is 222 g/mol. The summed E-state index contributed by atoms with van der Waals surface area (Å²) in [7, 11) is 0. The van der Waals surface area contributed by atoms with Crippen molar-refractivity contribution in [3.8, 4) is 5.75 Å². The quantitative estimate of drug-likeness (QED) is 0.819. The number of benzene rings is 1. The van der Waals surface area contributed by atoms with Crippen molar-refractivity contribution in [2.45, 2.75) is 57.6 Å². The molecule has 0 radical (unpaired) electrons. The Morgan fingerprint density at radius 3 is 2.72 bits per heavy atom. The zero-order valence-corrected chi connectivity index (χ0v) is 11.7. The van der Waals surface area contributed by atoms with Crippen molar-refractivity contribution in [2.24, 2.45) is 0 Å². The van der Waals surface area contributed by atoms with Crippen molar-refractivity contribution in [1.82, 2.24) is 5.32 Å². The fourth-order valence-electron chi connectivity index (χ4n) is 3.14. The summed E-state index contributed by atoms with van der Waals surface area (Å²) in [6.07, 6.45) is 4.75. The summed E-state index contributed by atoms with van der Waals surface area (Å²) in [6.45, 7) is 7.79. The predicted molar refractivity (Wildman–Crippen MR) is 74.1 cm³/mol. The number of ether oxygens (including phenoxy) is 1. The van der Waals surface area contributed by atoms with E-state index in [0.29, 0.717) is 0 Å². The van der Waals surface area contributed by atoms with Gasteiger partial charge in [0.15, 0.2) is 0 Å². The molecule has 18 heavy (non-hydrogen) atoms. The van der Waals surface area contributed by atoms with Gasteiger partial charge in [0.05, 0.1) is 0 Å². The van der Waals surface area contributed by atoms with Crippen molar-refractivity contribution in [2.75, 3.05) is 6.54 Å². The molecule has 1 N–H and O–H groups in total. The topological polar surface area (TPSA) is 21.3 Å². The van der Waals surface area contributed by atoms with Gasteiger partial charge in [-0.25, -0.2) is 0 Å². The van der Waals surface area contributed by atoms with Crippen molar-refractivity contribution in [3.05, 3.63) is 29.3 Å². The van der Waals surface area contributed by atoms with E-state index in [4.69, 9.17) is 4.74 Å². The minimum absolute atomic E-state index is 0.00989. The van der Waals surface area contributed by atoms with Gasteiger partial charge in [0.2, 0.25) is 0 Å². The van der Waals surface area contributed by atoms with Crippen molar-refractivity contribution >= 4 is 0 Å². The van der Waals surface area contributed by atoms with Crippen molar-refractivity contribution in [3.63, 3.8) is 0 Å².